The van der Waals surface area contributed by atoms with Crippen LogP contribution in [0.4, 0.5) is 0 Å². The first kappa shape index (κ1) is 13.3. The van der Waals surface area contributed by atoms with E-state index >= 15 is 0 Å². The molecule has 0 bridgehead atoms. The lowest BCUT2D eigenvalue weighted by atomic mass is 9.80. The van der Waals surface area contributed by atoms with Crippen molar-refractivity contribution >= 4 is 11.9 Å². The lowest BCUT2D eigenvalue weighted by molar-refractivity contribution is -0.154. The van der Waals surface area contributed by atoms with Crippen LogP contribution in [0.15, 0.2) is 0 Å². The van der Waals surface area contributed by atoms with Crippen LogP contribution in [0.3, 0.4) is 0 Å². The fourth-order valence-corrected chi connectivity index (χ4v) is 2.08. The van der Waals surface area contributed by atoms with Gasteiger partial charge in [-0.1, -0.05) is 0 Å². The monoisotopic (exact) mass is 256 g/mol. The normalized spacial score (nSPS) is 22.4. The van der Waals surface area contributed by atoms with Crippen LogP contribution in [0.2, 0.25) is 0 Å². The molecular formula is C12H20N2O4. The fourth-order valence-electron chi connectivity index (χ4n) is 2.08. The van der Waals surface area contributed by atoms with Crippen molar-refractivity contribution in [3.8, 4) is 0 Å². The summed E-state index contributed by atoms with van der Waals surface area (Å²) < 4.78 is 5.18. The highest BCUT2D eigenvalue weighted by atomic mass is 16.5. The number of hydrogen-bond donors (Lipinski definition) is 3. The third-order valence-electron chi connectivity index (χ3n) is 3.66. The molecule has 1 aliphatic heterocycles. The van der Waals surface area contributed by atoms with Gasteiger partial charge < -0.3 is 20.5 Å². The topological polar surface area (TPSA) is 87.7 Å². The molecule has 0 aromatic heterocycles. The van der Waals surface area contributed by atoms with Crippen molar-refractivity contribution in [3.63, 3.8) is 0 Å². The summed E-state index contributed by atoms with van der Waals surface area (Å²) in [6.45, 7) is 1.36. The Hall–Kier alpha value is -1.14. The Bertz CT molecular complexity index is 322. The van der Waals surface area contributed by atoms with Gasteiger partial charge in [-0.3, -0.25) is 9.59 Å². The maximum Gasteiger partial charge on any atom is 0.311 e. The van der Waals surface area contributed by atoms with Crippen molar-refractivity contribution in [3.05, 3.63) is 0 Å². The van der Waals surface area contributed by atoms with E-state index in [1.54, 1.807) is 0 Å². The highest BCUT2D eigenvalue weighted by molar-refractivity contribution is 5.80. The number of amides is 1. The summed E-state index contributed by atoms with van der Waals surface area (Å²) in [5.74, 6) is -0.977. The highest BCUT2D eigenvalue weighted by Gasteiger charge is 2.40. The van der Waals surface area contributed by atoms with Gasteiger partial charge in [0.1, 0.15) is 0 Å². The van der Waals surface area contributed by atoms with Gasteiger partial charge in [-0.15, -0.1) is 0 Å². The molecule has 6 heteroatoms. The number of aliphatic carboxylic acids is 1. The first-order chi connectivity index (χ1) is 8.62. The van der Waals surface area contributed by atoms with Gasteiger partial charge in [0, 0.05) is 25.8 Å². The highest BCUT2D eigenvalue weighted by Crippen LogP contribution is 2.30. The van der Waals surface area contributed by atoms with E-state index in [1.165, 1.54) is 0 Å². The van der Waals surface area contributed by atoms with Crippen LogP contribution in [0.25, 0.3) is 0 Å². The molecule has 6 nitrogen and oxygen atoms in total. The first-order valence-electron chi connectivity index (χ1n) is 6.44. The Morgan fingerprint density at radius 1 is 1.28 bits per heavy atom. The van der Waals surface area contributed by atoms with Gasteiger partial charge in [0.05, 0.1) is 12.0 Å². The number of carbonyl (C=O) groups excluding carboxylic acids is 1. The van der Waals surface area contributed by atoms with Crippen molar-refractivity contribution in [1.82, 2.24) is 10.6 Å². The molecule has 0 spiro atoms. The van der Waals surface area contributed by atoms with E-state index in [-0.39, 0.29) is 19.0 Å². The van der Waals surface area contributed by atoms with E-state index in [0.717, 1.165) is 12.8 Å². The van der Waals surface area contributed by atoms with Crippen LogP contribution >= 0.6 is 0 Å². The van der Waals surface area contributed by atoms with Crippen LogP contribution in [0.1, 0.15) is 25.7 Å². The summed E-state index contributed by atoms with van der Waals surface area (Å²) >= 11 is 0. The molecule has 1 saturated carbocycles. The Labute approximate surface area is 106 Å². The van der Waals surface area contributed by atoms with Gasteiger partial charge in [0.2, 0.25) is 5.91 Å². The Balaban J connectivity index is 1.77. The van der Waals surface area contributed by atoms with Crippen LogP contribution in [0, 0.1) is 5.41 Å². The van der Waals surface area contributed by atoms with Crippen molar-refractivity contribution in [2.75, 3.05) is 26.3 Å². The van der Waals surface area contributed by atoms with Gasteiger partial charge in [-0.2, -0.15) is 0 Å². The van der Waals surface area contributed by atoms with Crippen molar-refractivity contribution < 1.29 is 19.4 Å². The van der Waals surface area contributed by atoms with Gasteiger partial charge in [0.15, 0.2) is 0 Å². The van der Waals surface area contributed by atoms with Crippen LogP contribution in [-0.2, 0) is 14.3 Å². The van der Waals surface area contributed by atoms with Gasteiger partial charge >= 0.3 is 5.97 Å². The number of nitrogens with one attached hydrogen (secondary N) is 2. The predicted octanol–water partition coefficient (Wildman–Crippen LogP) is -0.264. The molecule has 102 valence electrons. The summed E-state index contributed by atoms with van der Waals surface area (Å²) in [6, 6.07) is 0.479. The van der Waals surface area contributed by atoms with Gasteiger partial charge in [0.25, 0.3) is 0 Å². The summed E-state index contributed by atoms with van der Waals surface area (Å²) in [5, 5.41) is 15.1. The lowest BCUT2D eigenvalue weighted by Gasteiger charge is -2.33. The quantitative estimate of drug-likeness (QED) is 0.609. The maximum absolute atomic E-state index is 11.6. The van der Waals surface area contributed by atoms with Crippen LogP contribution in [-0.4, -0.2) is 49.3 Å². The maximum atomic E-state index is 11.6. The summed E-state index contributed by atoms with van der Waals surface area (Å²) in [5.41, 5.74) is -0.854. The third kappa shape index (κ3) is 3.43. The van der Waals surface area contributed by atoms with Crippen molar-refractivity contribution in [2.45, 2.75) is 31.7 Å². The zero-order chi connectivity index (χ0) is 13.0. The number of carbonyl (C=O) groups is 2. The Morgan fingerprint density at radius 3 is 2.50 bits per heavy atom. The Kier molecular flexibility index (Phi) is 4.19. The summed E-state index contributed by atoms with van der Waals surface area (Å²) in [4.78, 5) is 22.9. The number of carboxylic acid groups (broad SMARTS) is 1. The standard InChI is InChI=1S/C12H20N2O4/c15-10(7-13-9-1-2-9)14-8-12(11(16)17)3-5-18-6-4-12/h9,13H,1-8H2,(H,14,15)(H,16,17). The number of hydrogen-bond acceptors (Lipinski definition) is 4. The summed E-state index contributed by atoms with van der Waals surface area (Å²) in [7, 11) is 0. The minimum Gasteiger partial charge on any atom is -0.481 e. The number of rotatable bonds is 6. The molecular weight excluding hydrogens is 236 g/mol. The lowest BCUT2D eigenvalue weighted by Crippen LogP contribution is -2.48. The van der Waals surface area contributed by atoms with E-state index in [2.05, 4.69) is 10.6 Å². The van der Waals surface area contributed by atoms with Gasteiger partial charge in [-0.05, 0) is 25.7 Å². The molecule has 1 amide bonds. The third-order valence-corrected chi connectivity index (χ3v) is 3.66. The minimum absolute atomic E-state index is 0.131. The number of carboxylic acids is 1. The molecule has 0 atom stereocenters. The molecule has 0 radical (unpaired) electrons. The molecule has 2 rings (SSSR count). The largest absolute Gasteiger partial charge is 0.481 e. The minimum atomic E-state index is -0.854. The molecule has 0 aromatic carbocycles. The molecule has 0 unspecified atom stereocenters. The molecule has 1 aliphatic carbocycles. The summed E-state index contributed by atoms with van der Waals surface area (Å²) in [6.07, 6.45) is 3.17. The first-order valence-corrected chi connectivity index (χ1v) is 6.44. The molecule has 0 aromatic rings. The fraction of sp³-hybridized carbons (Fsp3) is 0.833. The predicted molar refractivity (Wildman–Crippen MR) is 64.2 cm³/mol. The van der Waals surface area contributed by atoms with Gasteiger partial charge in [-0.25, -0.2) is 0 Å². The van der Waals surface area contributed by atoms with E-state index in [4.69, 9.17) is 4.74 Å². The second-order valence-electron chi connectivity index (χ2n) is 5.13. The van der Waals surface area contributed by atoms with E-state index in [9.17, 15) is 14.7 Å². The smallest absolute Gasteiger partial charge is 0.311 e. The zero-order valence-corrected chi connectivity index (χ0v) is 10.4. The number of ether oxygens (including phenoxy) is 1. The van der Waals surface area contributed by atoms with Crippen molar-refractivity contribution in [2.24, 2.45) is 5.41 Å². The average Bonchev–Trinajstić information content (AvgIpc) is 3.19. The Morgan fingerprint density at radius 2 is 1.94 bits per heavy atom. The molecule has 3 N–H and O–H groups in total. The average molecular weight is 256 g/mol. The van der Waals surface area contributed by atoms with E-state index in [0.29, 0.717) is 32.1 Å². The second kappa shape index (κ2) is 5.67. The zero-order valence-electron chi connectivity index (χ0n) is 10.4. The molecule has 2 fully saturated rings. The second-order valence-corrected chi connectivity index (χ2v) is 5.13. The molecule has 2 aliphatic rings. The van der Waals surface area contributed by atoms with Crippen LogP contribution < -0.4 is 10.6 Å². The molecule has 1 heterocycles. The van der Waals surface area contributed by atoms with Crippen LogP contribution in [0.5, 0.6) is 0 Å². The molecule has 18 heavy (non-hydrogen) atoms. The van der Waals surface area contributed by atoms with E-state index < -0.39 is 11.4 Å². The van der Waals surface area contributed by atoms with Crippen molar-refractivity contribution in [1.29, 1.82) is 0 Å². The SMILES string of the molecule is O=C(CNC1CC1)NCC1(C(=O)O)CCOCC1. The van der Waals surface area contributed by atoms with E-state index in [1.807, 2.05) is 0 Å². The molecule has 1 saturated heterocycles.